The van der Waals surface area contributed by atoms with Gasteiger partial charge in [-0.15, -0.1) is 0 Å². The fraction of sp³-hybridized carbons (Fsp3) is 0.588. The first-order valence-electron chi connectivity index (χ1n) is 7.55. The van der Waals surface area contributed by atoms with Crippen molar-refractivity contribution < 1.29 is 4.79 Å². The lowest BCUT2D eigenvalue weighted by molar-refractivity contribution is 0.0999. The van der Waals surface area contributed by atoms with Crippen LogP contribution in [0, 0.1) is 5.41 Å². The molecule has 0 unspecified atom stereocenters. The highest BCUT2D eigenvalue weighted by Crippen LogP contribution is 2.22. The molecule has 1 rings (SSSR count). The van der Waals surface area contributed by atoms with E-state index in [1.54, 1.807) is 6.07 Å². The van der Waals surface area contributed by atoms with Crippen molar-refractivity contribution in [1.29, 1.82) is 0 Å². The molecule has 3 N–H and O–H groups in total. The highest BCUT2D eigenvalue weighted by Gasteiger charge is 2.17. The van der Waals surface area contributed by atoms with E-state index in [0.717, 1.165) is 12.1 Å². The quantitative estimate of drug-likeness (QED) is 0.678. The Balaban J connectivity index is 2.46. The van der Waals surface area contributed by atoms with Crippen LogP contribution in [0.15, 0.2) is 24.3 Å². The molecular weight excluding hydrogens is 248 g/mol. The molecule has 1 amide bonds. The van der Waals surface area contributed by atoms with Crippen molar-refractivity contribution in [1.82, 2.24) is 5.32 Å². The summed E-state index contributed by atoms with van der Waals surface area (Å²) in [6.45, 7) is 8.44. The Kier molecular flexibility index (Phi) is 6.73. The first-order valence-corrected chi connectivity index (χ1v) is 7.55. The molecule has 0 aromatic heterocycles. The molecule has 0 radical (unpaired) electrons. The molecule has 3 heteroatoms. The molecule has 0 saturated heterocycles. The minimum atomic E-state index is -0.357. The Bertz CT molecular complexity index is 427. The van der Waals surface area contributed by atoms with Crippen LogP contribution in [0.4, 0.5) is 0 Å². The zero-order valence-electron chi connectivity index (χ0n) is 13.0. The van der Waals surface area contributed by atoms with Crippen molar-refractivity contribution in [2.45, 2.75) is 53.0 Å². The van der Waals surface area contributed by atoms with E-state index in [-0.39, 0.29) is 11.3 Å². The van der Waals surface area contributed by atoms with Gasteiger partial charge in [-0.3, -0.25) is 4.79 Å². The van der Waals surface area contributed by atoms with Crippen LogP contribution in [0.3, 0.4) is 0 Å². The van der Waals surface area contributed by atoms with Gasteiger partial charge in [-0.25, -0.2) is 0 Å². The van der Waals surface area contributed by atoms with Gasteiger partial charge in [0.05, 0.1) is 0 Å². The minimum Gasteiger partial charge on any atom is -0.366 e. The number of nitrogens with one attached hydrogen (secondary N) is 1. The van der Waals surface area contributed by atoms with Gasteiger partial charge in [-0.05, 0) is 23.5 Å². The molecule has 0 heterocycles. The fourth-order valence-electron chi connectivity index (χ4n) is 2.39. The number of nitrogens with two attached hydrogens (primary N) is 1. The standard InChI is InChI=1S/C17H28N2O/c1-4-5-8-11-17(2,3)13-19-12-14-9-6-7-10-15(14)16(18)20/h6-7,9-10,19H,4-5,8,11-13H2,1-3H3,(H2,18,20). The molecule has 112 valence electrons. The molecule has 0 bridgehead atoms. The fourth-order valence-corrected chi connectivity index (χ4v) is 2.39. The van der Waals surface area contributed by atoms with Crippen LogP contribution in [0.2, 0.25) is 0 Å². The molecule has 0 aliphatic heterocycles. The predicted octanol–water partition coefficient (Wildman–Crippen LogP) is 3.48. The van der Waals surface area contributed by atoms with Crippen molar-refractivity contribution in [2.24, 2.45) is 11.1 Å². The average molecular weight is 276 g/mol. The monoisotopic (exact) mass is 276 g/mol. The molecular formula is C17H28N2O. The topological polar surface area (TPSA) is 55.1 Å². The summed E-state index contributed by atoms with van der Waals surface area (Å²) < 4.78 is 0. The SMILES string of the molecule is CCCCCC(C)(C)CNCc1ccccc1C(N)=O. The smallest absolute Gasteiger partial charge is 0.249 e. The summed E-state index contributed by atoms with van der Waals surface area (Å²) >= 11 is 0. The average Bonchev–Trinajstić information content (AvgIpc) is 2.39. The summed E-state index contributed by atoms with van der Waals surface area (Å²) in [7, 11) is 0. The lowest BCUT2D eigenvalue weighted by Crippen LogP contribution is -2.29. The Morgan fingerprint density at radius 1 is 1.25 bits per heavy atom. The van der Waals surface area contributed by atoms with Crippen LogP contribution in [0.1, 0.15) is 62.4 Å². The van der Waals surface area contributed by atoms with Crippen molar-refractivity contribution in [3.63, 3.8) is 0 Å². The van der Waals surface area contributed by atoms with E-state index in [0.29, 0.717) is 12.1 Å². The number of amides is 1. The summed E-state index contributed by atoms with van der Waals surface area (Å²) in [5, 5.41) is 3.46. The summed E-state index contributed by atoms with van der Waals surface area (Å²) in [4.78, 5) is 11.4. The third-order valence-electron chi connectivity index (χ3n) is 3.66. The number of rotatable bonds is 9. The summed E-state index contributed by atoms with van der Waals surface area (Å²) in [6, 6.07) is 7.52. The van der Waals surface area contributed by atoms with E-state index >= 15 is 0 Å². The molecule has 0 aliphatic carbocycles. The normalized spacial score (nSPS) is 11.6. The Labute approximate surface area is 122 Å². The van der Waals surface area contributed by atoms with Gasteiger partial charge in [0.15, 0.2) is 0 Å². The highest BCUT2D eigenvalue weighted by atomic mass is 16.1. The van der Waals surface area contributed by atoms with Gasteiger partial charge < -0.3 is 11.1 Å². The third-order valence-corrected chi connectivity index (χ3v) is 3.66. The van der Waals surface area contributed by atoms with Crippen LogP contribution in [-0.2, 0) is 6.54 Å². The third kappa shape index (κ3) is 5.74. The van der Waals surface area contributed by atoms with E-state index in [1.165, 1.54) is 25.7 Å². The molecule has 3 nitrogen and oxygen atoms in total. The van der Waals surface area contributed by atoms with Gasteiger partial charge in [0.25, 0.3) is 0 Å². The van der Waals surface area contributed by atoms with E-state index in [9.17, 15) is 4.79 Å². The zero-order valence-corrected chi connectivity index (χ0v) is 13.0. The van der Waals surface area contributed by atoms with Gasteiger partial charge in [0, 0.05) is 18.7 Å². The van der Waals surface area contributed by atoms with E-state index in [2.05, 4.69) is 26.1 Å². The predicted molar refractivity (Wildman–Crippen MR) is 84.6 cm³/mol. The molecule has 0 saturated carbocycles. The van der Waals surface area contributed by atoms with Crippen LogP contribution in [0.25, 0.3) is 0 Å². The van der Waals surface area contributed by atoms with Crippen LogP contribution < -0.4 is 11.1 Å². The molecule has 0 spiro atoms. The molecule has 0 atom stereocenters. The van der Waals surface area contributed by atoms with Crippen molar-refractivity contribution >= 4 is 5.91 Å². The van der Waals surface area contributed by atoms with Gasteiger partial charge in [0.2, 0.25) is 5.91 Å². The van der Waals surface area contributed by atoms with Gasteiger partial charge in [-0.2, -0.15) is 0 Å². The highest BCUT2D eigenvalue weighted by molar-refractivity contribution is 5.94. The number of carbonyl (C=O) groups is 1. The summed E-state index contributed by atoms with van der Waals surface area (Å²) in [6.07, 6.45) is 5.07. The second-order valence-corrected chi connectivity index (χ2v) is 6.25. The van der Waals surface area contributed by atoms with Crippen molar-refractivity contribution in [3.8, 4) is 0 Å². The molecule has 0 fully saturated rings. The number of hydrogen-bond acceptors (Lipinski definition) is 2. The van der Waals surface area contributed by atoms with Crippen LogP contribution in [0.5, 0.6) is 0 Å². The zero-order chi connectivity index (χ0) is 15.0. The van der Waals surface area contributed by atoms with Crippen LogP contribution >= 0.6 is 0 Å². The van der Waals surface area contributed by atoms with E-state index < -0.39 is 0 Å². The Hall–Kier alpha value is -1.35. The minimum absolute atomic E-state index is 0.289. The lowest BCUT2D eigenvalue weighted by Gasteiger charge is -2.25. The number of primary amides is 1. The molecule has 1 aromatic rings. The van der Waals surface area contributed by atoms with Gasteiger partial charge in [0.1, 0.15) is 0 Å². The number of hydrogen-bond donors (Lipinski definition) is 2. The number of carbonyl (C=O) groups excluding carboxylic acids is 1. The number of unbranched alkanes of at least 4 members (excludes halogenated alkanes) is 2. The molecule has 0 aliphatic rings. The maximum atomic E-state index is 11.4. The summed E-state index contributed by atoms with van der Waals surface area (Å²) in [5.41, 5.74) is 7.27. The Morgan fingerprint density at radius 3 is 2.60 bits per heavy atom. The van der Waals surface area contributed by atoms with Crippen LogP contribution in [-0.4, -0.2) is 12.5 Å². The maximum Gasteiger partial charge on any atom is 0.249 e. The van der Waals surface area contributed by atoms with E-state index in [1.807, 2.05) is 18.2 Å². The van der Waals surface area contributed by atoms with Crippen molar-refractivity contribution in [2.75, 3.05) is 6.54 Å². The van der Waals surface area contributed by atoms with E-state index in [4.69, 9.17) is 5.73 Å². The van der Waals surface area contributed by atoms with Gasteiger partial charge in [-0.1, -0.05) is 58.2 Å². The van der Waals surface area contributed by atoms with Gasteiger partial charge >= 0.3 is 0 Å². The molecule has 1 aromatic carbocycles. The summed E-state index contributed by atoms with van der Waals surface area (Å²) in [5.74, 6) is -0.357. The Morgan fingerprint density at radius 2 is 1.95 bits per heavy atom. The first kappa shape index (κ1) is 16.7. The first-order chi connectivity index (χ1) is 9.46. The number of benzene rings is 1. The van der Waals surface area contributed by atoms with Crippen molar-refractivity contribution in [3.05, 3.63) is 35.4 Å². The second kappa shape index (κ2) is 8.05. The largest absolute Gasteiger partial charge is 0.366 e. The maximum absolute atomic E-state index is 11.4. The molecule has 20 heavy (non-hydrogen) atoms. The lowest BCUT2D eigenvalue weighted by atomic mass is 9.87. The second-order valence-electron chi connectivity index (χ2n) is 6.25.